The smallest absolute Gasteiger partial charge is 0.347 e. The summed E-state index contributed by atoms with van der Waals surface area (Å²) in [5, 5.41) is 2.73. The van der Waals surface area contributed by atoms with E-state index in [1.54, 1.807) is 24.7 Å². The number of nitrogens with one attached hydrogen (secondary N) is 2. The predicted molar refractivity (Wildman–Crippen MR) is 98.4 cm³/mol. The number of hydrogen-bond acceptors (Lipinski definition) is 4. The number of nitrogens with zero attached hydrogens (tertiary/aromatic N) is 3. The van der Waals surface area contributed by atoms with Gasteiger partial charge in [-0.3, -0.25) is 4.79 Å². The monoisotopic (exact) mass is 405 g/mol. The molecule has 4 rings (SSSR count). The maximum atomic E-state index is 13.1. The number of aromatic amines is 1. The van der Waals surface area contributed by atoms with E-state index in [0.717, 1.165) is 17.0 Å². The lowest BCUT2D eigenvalue weighted by molar-refractivity contribution is -0.137. The van der Waals surface area contributed by atoms with Gasteiger partial charge in [0.1, 0.15) is 16.0 Å². The van der Waals surface area contributed by atoms with Crippen LogP contribution in [0, 0.1) is 6.92 Å². The first-order valence-corrected chi connectivity index (χ1v) is 9.11. The number of aryl methyl sites for hydroxylation is 1. The summed E-state index contributed by atoms with van der Waals surface area (Å²) in [6, 6.07) is 5.05. The molecule has 2 N–H and O–H groups in total. The molecule has 10 heteroatoms. The van der Waals surface area contributed by atoms with E-state index >= 15 is 0 Å². The highest BCUT2D eigenvalue weighted by Crippen LogP contribution is 2.32. The summed E-state index contributed by atoms with van der Waals surface area (Å²) < 4.78 is 40.9. The molecule has 0 aliphatic rings. The van der Waals surface area contributed by atoms with E-state index in [0.29, 0.717) is 28.2 Å². The van der Waals surface area contributed by atoms with E-state index in [4.69, 9.17) is 0 Å². The molecule has 0 saturated carbocycles. The summed E-state index contributed by atoms with van der Waals surface area (Å²) in [7, 11) is 0. The third-order valence-corrected chi connectivity index (χ3v) is 4.97. The maximum absolute atomic E-state index is 13.1. The van der Waals surface area contributed by atoms with Crippen molar-refractivity contribution in [1.29, 1.82) is 0 Å². The summed E-state index contributed by atoms with van der Waals surface area (Å²) in [6.45, 7) is 1.81. The number of hydrogen-bond donors (Lipinski definition) is 2. The van der Waals surface area contributed by atoms with Crippen LogP contribution >= 0.6 is 11.3 Å². The summed E-state index contributed by atoms with van der Waals surface area (Å²) >= 11 is 1.38. The number of aromatic nitrogens is 4. The Morgan fingerprint density at radius 1 is 1.29 bits per heavy atom. The molecule has 4 aromatic rings. The van der Waals surface area contributed by atoms with Crippen LogP contribution in [0.4, 0.5) is 13.2 Å². The van der Waals surface area contributed by atoms with Gasteiger partial charge in [0.25, 0.3) is 5.91 Å². The minimum Gasteiger partial charge on any atom is -0.347 e. The van der Waals surface area contributed by atoms with Crippen LogP contribution in [0.3, 0.4) is 0 Å². The molecule has 144 valence electrons. The molecule has 0 fully saturated rings. The lowest BCUT2D eigenvalue weighted by Gasteiger charge is -2.14. The Hall–Kier alpha value is -3.14. The fraction of sp³-hybridized carbons (Fsp3) is 0.167. The van der Waals surface area contributed by atoms with Crippen molar-refractivity contribution in [1.82, 2.24) is 24.8 Å². The van der Waals surface area contributed by atoms with Gasteiger partial charge in [-0.05, 0) is 30.7 Å². The normalized spacial score (nSPS) is 11.9. The van der Waals surface area contributed by atoms with Crippen LogP contribution in [0.1, 0.15) is 27.3 Å². The first-order valence-electron chi connectivity index (χ1n) is 8.23. The molecule has 1 aromatic carbocycles. The third-order valence-electron chi connectivity index (χ3n) is 4.21. The fourth-order valence-electron chi connectivity index (χ4n) is 2.82. The molecule has 0 saturated heterocycles. The molecule has 1 amide bonds. The Labute approximate surface area is 161 Å². The summed E-state index contributed by atoms with van der Waals surface area (Å²) in [4.78, 5) is 24.3. The van der Waals surface area contributed by atoms with Crippen molar-refractivity contribution in [3.8, 4) is 5.69 Å². The van der Waals surface area contributed by atoms with Gasteiger partial charge >= 0.3 is 6.18 Å². The second-order valence-electron chi connectivity index (χ2n) is 6.20. The summed E-state index contributed by atoms with van der Waals surface area (Å²) in [6.07, 6.45) is -1.39. The Bertz CT molecular complexity index is 1130. The molecule has 0 spiro atoms. The van der Waals surface area contributed by atoms with Crippen molar-refractivity contribution in [2.45, 2.75) is 19.6 Å². The van der Waals surface area contributed by atoms with Crippen LogP contribution in [-0.4, -0.2) is 25.4 Å². The first-order chi connectivity index (χ1) is 13.3. The summed E-state index contributed by atoms with van der Waals surface area (Å²) in [5.74, 6) is -0.363. The van der Waals surface area contributed by atoms with E-state index in [-0.39, 0.29) is 12.5 Å². The van der Waals surface area contributed by atoms with Crippen molar-refractivity contribution in [2.24, 2.45) is 0 Å². The molecule has 0 bridgehead atoms. The second kappa shape index (κ2) is 6.79. The first kappa shape index (κ1) is 18.2. The van der Waals surface area contributed by atoms with Crippen molar-refractivity contribution in [3.05, 3.63) is 64.8 Å². The highest BCUT2D eigenvalue weighted by Gasteiger charge is 2.31. The average Bonchev–Trinajstić information content (AvgIpc) is 3.34. The van der Waals surface area contributed by atoms with Crippen LogP contribution in [0.15, 0.2) is 42.3 Å². The molecule has 28 heavy (non-hydrogen) atoms. The van der Waals surface area contributed by atoms with Crippen molar-refractivity contribution < 1.29 is 18.0 Å². The SMILES string of the molecule is Cc1cn(-c2cc(C(F)(F)F)ccc2CNC(=O)c2cc3ncsc3[nH]2)cn1. The number of carbonyl (C=O) groups excluding carboxylic acids is 1. The van der Waals surface area contributed by atoms with E-state index in [9.17, 15) is 18.0 Å². The van der Waals surface area contributed by atoms with E-state index < -0.39 is 11.7 Å². The van der Waals surface area contributed by atoms with Gasteiger partial charge in [-0.1, -0.05) is 6.07 Å². The Balaban J connectivity index is 1.61. The van der Waals surface area contributed by atoms with Crippen molar-refractivity contribution in [2.75, 3.05) is 0 Å². The van der Waals surface area contributed by atoms with Gasteiger partial charge in [-0.15, -0.1) is 11.3 Å². The van der Waals surface area contributed by atoms with E-state index in [2.05, 4.69) is 20.3 Å². The third kappa shape index (κ3) is 3.50. The van der Waals surface area contributed by atoms with Crippen LogP contribution in [0.5, 0.6) is 0 Å². The predicted octanol–water partition coefficient (Wildman–Crippen LogP) is 4.07. The molecule has 3 heterocycles. The Morgan fingerprint density at radius 2 is 2.11 bits per heavy atom. The quantitative estimate of drug-likeness (QED) is 0.538. The number of H-pyrrole nitrogens is 1. The topological polar surface area (TPSA) is 75.6 Å². The molecule has 3 aromatic heterocycles. The minimum absolute atomic E-state index is 0.0592. The van der Waals surface area contributed by atoms with Gasteiger partial charge in [0.2, 0.25) is 0 Å². The largest absolute Gasteiger partial charge is 0.416 e. The molecule has 0 atom stereocenters. The molecule has 6 nitrogen and oxygen atoms in total. The van der Waals surface area contributed by atoms with Gasteiger partial charge in [-0.25, -0.2) is 9.97 Å². The zero-order chi connectivity index (χ0) is 19.9. The Kier molecular flexibility index (Phi) is 4.42. The number of halogens is 3. The molecule has 0 radical (unpaired) electrons. The van der Waals surface area contributed by atoms with Crippen molar-refractivity contribution in [3.63, 3.8) is 0 Å². The van der Waals surface area contributed by atoms with Crippen molar-refractivity contribution >= 4 is 27.6 Å². The maximum Gasteiger partial charge on any atom is 0.416 e. The number of carbonyl (C=O) groups is 1. The lowest BCUT2D eigenvalue weighted by Crippen LogP contribution is -2.24. The van der Waals surface area contributed by atoms with Gasteiger partial charge in [0.15, 0.2) is 0 Å². The van der Waals surface area contributed by atoms with Crippen LogP contribution < -0.4 is 5.32 Å². The standard InChI is InChI=1S/C18H14F3N5OS/c1-10-7-26(8-23-10)15-4-12(18(19,20)21)3-2-11(15)6-22-16(27)13-5-14-17(25-13)28-9-24-14/h2-5,7-9,25H,6H2,1H3,(H,22,27). The van der Waals surface area contributed by atoms with Gasteiger partial charge in [0.05, 0.1) is 28.8 Å². The van der Waals surface area contributed by atoms with Gasteiger partial charge < -0.3 is 14.9 Å². The molecule has 0 aliphatic carbocycles. The van der Waals surface area contributed by atoms with E-state index in [1.807, 2.05) is 0 Å². The lowest BCUT2D eigenvalue weighted by atomic mass is 10.1. The number of thiazole rings is 1. The number of imidazole rings is 1. The number of amides is 1. The molecular formula is C18H14F3N5OS. The van der Waals surface area contributed by atoms with Crippen LogP contribution in [0.25, 0.3) is 16.0 Å². The van der Waals surface area contributed by atoms with Crippen LogP contribution in [0.2, 0.25) is 0 Å². The van der Waals surface area contributed by atoms with Crippen LogP contribution in [-0.2, 0) is 12.7 Å². The number of fused-ring (bicyclic) bond motifs is 1. The number of benzene rings is 1. The zero-order valence-electron chi connectivity index (χ0n) is 14.5. The molecule has 0 aliphatic heterocycles. The fourth-order valence-corrected chi connectivity index (χ4v) is 3.50. The number of alkyl halides is 3. The molecule has 0 unspecified atom stereocenters. The van der Waals surface area contributed by atoms with Gasteiger partial charge in [-0.2, -0.15) is 13.2 Å². The highest BCUT2D eigenvalue weighted by molar-refractivity contribution is 7.16. The van der Waals surface area contributed by atoms with Gasteiger partial charge in [0, 0.05) is 12.7 Å². The highest BCUT2D eigenvalue weighted by atomic mass is 32.1. The average molecular weight is 405 g/mol. The van der Waals surface area contributed by atoms with E-state index in [1.165, 1.54) is 28.3 Å². The second-order valence-corrected chi connectivity index (χ2v) is 7.05. The molecular weight excluding hydrogens is 391 g/mol. The Morgan fingerprint density at radius 3 is 2.79 bits per heavy atom. The summed E-state index contributed by atoms with van der Waals surface area (Å²) in [5.41, 5.74) is 3.46. The number of rotatable bonds is 4. The zero-order valence-corrected chi connectivity index (χ0v) is 15.4. The minimum atomic E-state index is -4.46.